The fourth-order valence-electron chi connectivity index (χ4n) is 4.96. The van der Waals surface area contributed by atoms with Gasteiger partial charge in [0.2, 0.25) is 5.91 Å². The van der Waals surface area contributed by atoms with Crippen LogP contribution in [-0.4, -0.2) is 76.5 Å². The highest BCUT2D eigenvalue weighted by Crippen LogP contribution is 2.41. The van der Waals surface area contributed by atoms with Crippen LogP contribution in [0.4, 0.5) is 4.79 Å². The van der Waals surface area contributed by atoms with Gasteiger partial charge in [-0.25, -0.2) is 19.2 Å². The third kappa shape index (κ3) is 10.6. The first-order chi connectivity index (χ1) is 23.1. The molecule has 3 rings (SSSR count). The second kappa shape index (κ2) is 19.1. The third-order valence-corrected chi connectivity index (χ3v) is 7.57. The number of nitrogens with one attached hydrogen (secondary N) is 3. The van der Waals surface area contributed by atoms with Crippen molar-refractivity contribution in [2.24, 2.45) is 0 Å². The summed E-state index contributed by atoms with van der Waals surface area (Å²) in [6, 6.07) is 14.8. The van der Waals surface area contributed by atoms with Crippen molar-refractivity contribution < 1.29 is 47.7 Å². The van der Waals surface area contributed by atoms with Gasteiger partial charge in [0.05, 0.1) is 56.8 Å². The van der Waals surface area contributed by atoms with Gasteiger partial charge in [0, 0.05) is 23.7 Å². The summed E-state index contributed by atoms with van der Waals surface area (Å²) in [5, 5.41) is 8.56. The van der Waals surface area contributed by atoms with Gasteiger partial charge in [-0.1, -0.05) is 60.1 Å². The number of carbonyl (C=O) groups excluding carboxylic acids is 5. The number of hydrogen-bond acceptors (Lipinski definition) is 11. The molecular weight excluding hydrogens is 646 g/mol. The molecule has 0 spiro atoms. The number of allylic oxidation sites excluding steroid dienone is 1. The molecule has 0 bridgehead atoms. The highest BCUT2D eigenvalue weighted by atomic mass is 35.5. The molecule has 0 saturated carbocycles. The molecule has 258 valence electrons. The van der Waals surface area contributed by atoms with Crippen LogP contribution >= 0.6 is 11.6 Å². The number of hydrogen-bond donors (Lipinski definition) is 3. The van der Waals surface area contributed by atoms with Crippen LogP contribution in [0.15, 0.2) is 77.1 Å². The quantitative estimate of drug-likeness (QED) is 0.134. The van der Waals surface area contributed by atoms with E-state index in [9.17, 15) is 24.0 Å². The Hall–Kier alpha value is -4.88. The fourth-order valence-corrected chi connectivity index (χ4v) is 5.20. The monoisotopic (exact) mass is 685 g/mol. The number of methoxy groups -OCH3 is 2. The summed E-state index contributed by atoms with van der Waals surface area (Å²) in [6.45, 7) is 3.52. The minimum absolute atomic E-state index is 0.0116. The van der Waals surface area contributed by atoms with Crippen molar-refractivity contribution in [3.63, 3.8) is 0 Å². The Kier molecular flexibility index (Phi) is 14.9. The lowest BCUT2D eigenvalue weighted by atomic mass is 9.80. The summed E-state index contributed by atoms with van der Waals surface area (Å²) in [4.78, 5) is 63.2. The van der Waals surface area contributed by atoms with Crippen molar-refractivity contribution in [2.75, 3.05) is 40.6 Å². The maximum Gasteiger partial charge on any atom is 0.408 e. The van der Waals surface area contributed by atoms with Crippen molar-refractivity contribution >= 4 is 41.5 Å². The predicted octanol–water partition coefficient (Wildman–Crippen LogP) is 3.67. The minimum Gasteiger partial charge on any atom is -0.467 e. The highest BCUT2D eigenvalue weighted by Gasteiger charge is 2.39. The van der Waals surface area contributed by atoms with E-state index in [-0.39, 0.29) is 57.0 Å². The molecule has 1 aliphatic rings. The minimum atomic E-state index is -1.09. The summed E-state index contributed by atoms with van der Waals surface area (Å²) < 4.78 is 26.1. The summed E-state index contributed by atoms with van der Waals surface area (Å²) in [7, 11) is 2.43. The Bertz CT molecular complexity index is 1530. The molecule has 2 aromatic carbocycles. The molecule has 0 radical (unpaired) electrons. The molecule has 0 saturated heterocycles. The van der Waals surface area contributed by atoms with Crippen LogP contribution in [0, 0.1) is 0 Å². The zero-order valence-corrected chi connectivity index (χ0v) is 28.0. The molecule has 2 aromatic rings. The van der Waals surface area contributed by atoms with Crippen molar-refractivity contribution in [3.05, 3.63) is 93.3 Å². The van der Waals surface area contributed by atoms with Crippen LogP contribution in [0.5, 0.6) is 0 Å². The van der Waals surface area contributed by atoms with Gasteiger partial charge in [0.1, 0.15) is 12.6 Å². The number of esters is 3. The first-order valence-corrected chi connectivity index (χ1v) is 15.6. The van der Waals surface area contributed by atoms with Gasteiger partial charge < -0.3 is 39.6 Å². The number of ether oxygens (including phenoxy) is 5. The molecule has 13 nitrogen and oxygen atoms in total. The Labute approximate surface area is 283 Å². The van der Waals surface area contributed by atoms with Crippen LogP contribution in [0.25, 0.3) is 0 Å². The van der Waals surface area contributed by atoms with Crippen molar-refractivity contribution in [1.82, 2.24) is 16.0 Å². The Morgan fingerprint density at radius 1 is 0.896 bits per heavy atom. The number of rotatable bonds is 16. The molecule has 1 aliphatic heterocycles. The standard InChI is InChI=1S/C34H40ClN3O10/c1-5-47-33(42)30-26(37-21(2)28(32(41)45-4)29(30)23-13-9-10-14-24(23)35)20-46-18-17-36-27(39)16-15-25(31(40)44-3)38-34(43)48-19-22-11-7-6-8-12-22/h6-14,25,29,37H,5,15-20H2,1-4H3,(H,36,39)(H,38,43)/t25-,29?/m0/s1. The lowest BCUT2D eigenvalue weighted by Crippen LogP contribution is -2.42. The molecule has 1 heterocycles. The van der Waals surface area contributed by atoms with Gasteiger partial charge in [0.15, 0.2) is 0 Å². The summed E-state index contributed by atoms with van der Waals surface area (Å²) in [5.74, 6) is -3.30. The number of dihydropyridines is 1. The molecular formula is C34H40ClN3O10. The van der Waals surface area contributed by atoms with E-state index >= 15 is 0 Å². The Balaban J connectivity index is 1.59. The lowest BCUT2D eigenvalue weighted by molar-refractivity contribution is -0.143. The number of carbonyl (C=O) groups is 5. The van der Waals surface area contributed by atoms with Gasteiger partial charge in [0.25, 0.3) is 0 Å². The second-order valence-electron chi connectivity index (χ2n) is 10.4. The zero-order valence-electron chi connectivity index (χ0n) is 27.3. The van der Waals surface area contributed by atoms with Crippen LogP contribution in [0.1, 0.15) is 43.7 Å². The summed E-state index contributed by atoms with van der Waals surface area (Å²) in [6.07, 6.45) is -0.952. The molecule has 0 fully saturated rings. The van der Waals surface area contributed by atoms with Crippen LogP contribution < -0.4 is 16.0 Å². The van der Waals surface area contributed by atoms with E-state index in [0.717, 1.165) is 5.56 Å². The maximum absolute atomic E-state index is 13.3. The first kappa shape index (κ1) is 37.6. The van der Waals surface area contributed by atoms with Crippen LogP contribution in [0.3, 0.4) is 0 Å². The van der Waals surface area contributed by atoms with E-state index in [0.29, 0.717) is 22.0 Å². The largest absolute Gasteiger partial charge is 0.467 e. The van der Waals surface area contributed by atoms with Gasteiger partial charge in [-0.2, -0.15) is 0 Å². The number of amides is 2. The number of halogens is 1. The zero-order chi connectivity index (χ0) is 35.1. The third-order valence-electron chi connectivity index (χ3n) is 7.23. The highest BCUT2D eigenvalue weighted by molar-refractivity contribution is 6.31. The van der Waals surface area contributed by atoms with Crippen molar-refractivity contribution in [3.8, 4) is 0 Å². The van der Waals surface area contributed by atoms with Crippen LogP contribution in [0.2, 0.25) is 5.02 Å². The van der Waals surface area contributed by atoms with Gasteiger partial charge in [-0.05, 0) is 37.5 Å². The molecule has 48 heavy (non-hydrogen) atoms. The average molecular weight is 686 g/mol. The van der Waals surface area contributed by atoms with Gasteiger partial charge in [-0.15, -0.1) is 0 Å². The second-order valence-corrected chi connectivity index (χ2v) is 10.9. The van der Waals surface area contributed by atoms with Crippen LogP contribution in [-0.2, 0) is 49.5 Å². The Morgan fingerprint density at radius 2 is 1.60 bits per heavy atom. The normalized spacial score (nSPS) is 14.7. The number of alkyl carbamates (subject to hydrolysis) is 1. The topological polar surface area (TPSA) is 168 Å². The average Bonchev–Trinajstić information content (AvgIpc) is 3.08. The summed E-state index contributed by atoms with van der Waals surface area (Å²) in [5.41, 5.74) is 2.44. The smallest absolute Gasteiger partial charge is 0.408 e. The molecule has 2 amide bonds. The fraction of sp³-hybridized carbons (Fsp3) is 0.382. The molecule has 0 aromatic heterocycles. The van der Waals surface area contributed by atoms with E-state index < -0.39 is 41.9 Å². The lowest BCUT2D eigenvalue weighted by Gasteiger charge is -2.31. The summed E-state index contributed by atoms with van der Waals surface area (Å²) >= 11 is 6.53. The SMILES string of the molecule is CCOC(=O)C1=C(COCCNC(=O)CC[C@H](NC(=O)OCc2ccccc2)C(=O)OC)NC(C)=C(C(=O)OC)C1c1ccccc1Cl. The molecule has 3 N–H and O–H groups in total. The first-order valence-electron chi connectivity index (χ1n) is 15.2. The maximum atomic E-state index is 13.3. The van der Waals surface area contributed by atoms with E-state index in [4.69, 9.17) is 35.3 Å². The van der Waals surface area contributed by atoms with Gasteiger partial charge in [-0.3, -0.25) is 4.79 Å². The van der Waals surface area contributed by atoms with E-state index in [1.54, 1.807) is 62.4 Å². The predicted molar refractivity (Wildman–Crippen MR) is 174 cm³/mol. The molecule has 0 aliphatic carbocycles. The molecule has 1 unspecified atom stereocenters. The van der Waals surface area contributed by atoms with Crippen molar-refractivity contribution in [1.29, 1.82) is 0 Å². The Morgan fingerprint density at radius 3 is 2.27 bits per heavy atom. The molecule has 14 heteroatoms. The number of benzene rings is 2. The van der Waals surface area contributed by atoms with E-state index in [1.807, 2.05) is 6.07 Å². The van der Waals surface area contributed by atoms with E-state index in [1.165, 1.54) is 14.2 Å². The van der Waals surface area contributed by atoms with Gasteiger partial charge >= 0.3 is 24.0 Å². The van der Waals surface area contributed by atoms with E-state index in [2.05, 4.69) is 16.0 Å². The molecule has 2 atom stereocenters. The van der Waals surface area contributed by atoms with Crippen molar-refractivity contribution in [2.45, 2.75) is 45.3 Å².